The number of amides is 1. The summed E-state index contributed by atoms with van der Waals surface area (Å²) < 4.78 is 0.677. The lowest BCUT2D eigenvalue weighted by molar-refractivity contribution is -0.133. The molecule has 1 aliphatic rings. The van der Waals surface area contributed by atoms with Crippen LogP contribution in [-0.4, -0.2) is 16.8 Å². The van der Waals surface area contributed by atoms with Gasteiger partial charge in [-0.25, -0.2) is 0 Å². The Bertz CT molecular complexity index is 819. The number of fused-ring (bicyclic) bond motifs is 1. The van der Waals surface area contributed by atoms with Crippen LogP contribution in [0.15, 0.2) is 40.9 Å². The number of aliphatic hydroxyl groups is 1. The molecule has 23 heavy (non-hydrogen) atoms. The standard InChI is InChI=1S/C17H13BrClNO3/c1-9-6-12-15(13(18)7-9)20-16(22)17(12,23)8-14(21)10-2-4-11(19)5-3-10/h2-7,23H,8H2,1H3,(H,20,22). The molecular weight excluding hydrogens is 382 g/mol. The molecule has 0 aromatic heterocycles. The Balaban J connectivity index is 1.98. The van der Waals surface area contributed by atoms with Crippen LogP contribution < -0.4 is 5.32 Å². The minimum absolute atomic E-state index is 0.329. The summed E-state index contributed by atoms with van der Waals surface area (Å²) in [5.74, 6) is -0.925. The van der Waals surface area contributed by atoms with E-state index in [0.717, 1.165) is 5.56 Å². The molecule has 0 saturated carbocycles. The molecule has 2 N–H and O–H groups in total. The summed E-state index contributed by atoms with van der Waals surface area (Å²) in [6, 6.07) is 9.91. The van der Waals surface area contributed by atoms with Crippen LogP contribution in [0.1, 0.15) is 27.9 Å². The summed E-state index contributed by atoms with van der Waals surface area (Å²) in [4.78, 5) is 24.7. The lowest BCUT2D eigenvalue weighted by atomic mass is 9.87. The number of aryl methyl sites for hydroxylation is 1. The van der Waals surface area contributed by atoms with Crippen molar-refractivity contribution < 1.29 is 14.7 Å². The van der Waals surface area contributed by atoms with E-state index in [1.165, 1.54) is 0 Å². The van der Waals surface area contributed by atoms with Crippen molar-refractivity contribution in [2.75, 3.05) is 5.32 Å². The van der Waals surface area contributed by atoms with Crippen LogP contribution in [0, 0.1) is 6.92 Å². The van der Waals surface area contributed by atoms with Crippen molar-refractivity contribution in [1.82, 2.24) is 0 Å². The summed E-state index contributed by atoms with van der Waals surface area (Å²) in [6.07, 6.45) is -0.330. The molecule has 1 amide bonds. The van der Waals surface area contributed by atoms with Crippen LogP contribution in [0.25, 0.3) is 0 Å². The van der Waals surface area contributed by atoms with Crippen molar-refractivity contribution in [3.63, 3.8) is 0 Å². The van der Waals surface area contributed by atoms with Crippen LogP contribution in [-0.2, 0) is 10.4 Å². The number of Topliss-reactive ketones (excluding diaryl/α,β-unsaturated/α-hetero) is 1. The normalized spacial score (nSPS) is 19.4. The lowest BCUT2D eigenvalue weighted by Gasteiger charge is -2.20. The van der Waals surface area contributed by atoms with Gasteiger partial charge in [0.15, 0.2) is 11.4 Å². The van der Waals surface area contributed by atoms with Gasteiger partial charge in [0, 0.05) is 20.6 Å². The van der Waals surface area contributed by atoms with E-state index in [4.69, 9.17) is 11.6 Å². The van der Waals surface area contributed by atoms with Crippen LogP contribution in [0.4, 0.5) is 5.69 Å². The molecule has 3 rings (SSSR count). The summed E-state index contributed by atoms with van der Waals surface area (Å²) >= 11 is 9.18. The molecule has 0 fully saturated rings. The Morgan fingerprint density at radius 2 is 1.96 bits per heavy atom. The molecule has 0 saturated heterocycles. The van der Waals surface area contributed by atoms with E-state index in [0.29, 0.717) is 26.3 Å². The second kappa shape index (κ2) is 5.74. The van der Waals surface area contributed by atoms with E-state index in [1.54, 1.807) is 30.3 Å². The zero-order chi connectivity index (χ0) is 16.8. The molecule has 118 valence electrons. The number of ketones is 1. The highest BCUT2D eigenvalue weighted by Crippen LogP contribution is 2.43. The third kappa shape index (κ3) is 2.80. The first-order chi connectivity index (χ1) is 10.8. The monoisotopic (exact) mass is 393 g/mol. The maximum atomic E-state index is 12.4. The fourth-order valence-electron chi connectivity index (χ4n) is 2.68. The summed E-state index contributed by atoms with van der Waals surface area (Å²) in [5.41, 5.74) is 0.324. The molecular formula is C17H13BrClNO3. The number of benzene rings is 2. The van der Waals surface area contributed by atoms with Crippen LogP contribution in [0.5, 0.6) is 0 Å². The molecule has 0 spiro atoms. The maximum absolute atomic E-state index is 12.4. The van der Waals surface area contributed by atoms with E-state index >= 15 is 0 Å². The van der Waals surface area contributed by atoms with Gasteiger partial charge in [-0.3, -0.25) is 9.59 Å². The third-order valence-corrected chi connectivity index (χ3v) is 4.75. The molecule has 1 aliphatic heterocycles. The Morgan fingerprint density at radius 1 is 1.30 bits per heavy atom. The molecule has 1 atom stereocenters. The number of nitrogens with one attached hydrogen (secondary N) is 1. The van der Waals surface area contributed by atoms with E-state index in [-0.39, 0.29) is 12.2 Å². The van der Waals surface area contributed by atoms with Crippen molar-refractivity contribution in [3.8, 4) is 0 Å². The topological polar surface area (TPSA) is 66.4 Å². The molecule has 4 nitrogen and oxygen atoms in total. The second-order valence-electron chi connectivity index (χ2n) is 5.59. The van der Waals surface area contributed by atoms with Gasteiger partial charge >= 0.3 is 0 Å². The number of carbonyl (C=O) groups excluding carboxylic acids is 2. The first-order valence-electron chi connectivity index (χ1n) is 6.94. The molecule has 0 radical (unpaired) electrons. The predicted octanol–water partition coefficient (Wildman–Crippen LogP) is 3.82. The SMILES string of the molecule is Cc1cc(Br)c2c(c1)C(O)(CC(=O)c1ccc(Cl)cc1)C(=O)N2. The first kappa shape index (κ1) is 16.2. The Kier molecular flexibility index (Phi) is 4.04. The van der Waals surface area contributed by atoms with E-state index < -0.39 is 11.5 Å². The maximum Gasteiger partial charge on any atom is 0.261 e. The minimum Gasteiger partial charge on any atom is -0.375 e. The predicted molar refractivity (Wildman–Crippen MR) is 91.8 cm³/mol. The summed E-state index contributed by atoms with van der Waals surface area (Å²) in [7, 11) is 0. The zero-order valence-electron chi connectivity index (χ0n) is 12.2. The molecule has 2 aromatic carbocycles. The fraction of sp³-hybridized carbons (Fsp3) is 0.176. The van der Waals surface area contributed by atoms with Crippen molar-refractivity contribution in [3.05, 3.63) is 62.6 Å². The third-order valence-electron chi connectivity index (χ3n) is 3.88. The quantitative estimate of drug-likeness (QED) is 0.778. The molecule has 0 aliphatic carbocycles. The zero-order valence-corrected chi connectivity index (χ0v) is 14.5. The molecule has 2 aromatic rings. The van der Waals surface area contributed by atoms with Gasteiger partial charge in [-0.05, 0) is 58.7 Å². The van der Waals surface area contributed by atoms with Gasteiger partial charge in [-0.2, -0.15) is 0 Å². The second-order valence-corrected chi connectivity index (χ2v) is 6.88. The number of rotatable bonds is 3. The van der Waals surface area contributed by atoms with Gasteiger partial charge in [0.25, 0.3) is 5.91 Å². The highest BCUT2D eigenvalue weighted by Gasteiger charge is 2.47. The summed E-state index contributed by atoms with van der Waals surface area (Å²) in [6.45, 7) is 1.86. The molecule has 1 unspecified atom stereocenters. The average Bonchev–Trinajstić information content (AvgIpc) is 2.73. The van der Waals surface area contributed by atoms with E-state index in [1.807, 2.05) is 13.0 Å². The minimum atomic E-state index is -1.87. The van der Waals surface area contributed by atoms with Crippen LogP contribution in [0.2, 0.25) is 5.02 Å². The van der Waals surface area contributed by atoms with Crippen molar-refractivity contribution >= 4 is 44.9 Å². The van der Waals surface area contributed by atoms with Gasteiger partial charge in [0.05, 0.1) is 12.1 Å². The number of hydrogen-bond donors (Lipinski definition) is 2. The number of anilines is 1. The molecule has 0 bridgehead atoms. The van der Waals surface area contributed by atoms with Crippen LogP contribution in [0.3, 0.4) is 0 Å². The van der Waals surface area contributed by atoms with Crippen molar-refractivity contribution in [2.45, 2.75) is 18.9 Å². The van der Waals surface area contributed by atoms with E-state index in [9.17, 15) is 14.7 Å². The van der Waals surface area contributed by atoms with Crippen molar-refractivity contribution in [1.29, 1.82) is 0 Å². The molecule has 1 heterocycles. The fourth-order valence-corrected chi connectivity index (χ4v) is 3.48. The highest BCUT2D eigenvalue weighted by atomic mass is 79.9. The number of hydrogen-bond acceptors (Lipinski definition) is 3. The van der Waals surface area contributed by atoms with Gasteiger partial charge < -0.3 is 10.4 Å². The Hall–Kier alpha value is -1.69. The van der Waals surface area contributed by atoms with Gasteiger partial charge in [0.2, 0.25) is 0 Å². The Morgan fingerprint density at radius 3 is 2.61 bits per heavy atom. The van der Waals surface area contributed by atoms with Crippen LogP contribution >= 0.6 is 27.5 Å². The average molecular weight is 395 g/mol. The molecule has 6 heteroatoms. The number of carbonyl (C=O) groups is 2. The smallest absolute Gasteiger partial charge is 0.261 e. The van der Waals surface area contributed by atoms with Gasteiger partial charge in [0.1, 0.15) is 0 Å². The summed E-state index contributed by atoms with van der Waals surface area (Å²) in [5, 5.41) is 14.0. The van der Waals surface area contributed by atoms with Crippen molar-refractivity contribution in [2.24, 2.45) is 0 Å². The largest absolute Gasteiger partial charge is 0.375 e. The highest BCUT2D eigenvalue weighted by molar-refractivity contribution is 9.10. The van der Waals surface area contributed by atoms with Gasteiger partial charge in [-0.15, -0.1) is 0 Å². The van der Waals surface area contributed by atoms with Gasteiger partial charge in [-0.1, -0.05) is 17.7 Å². The number of halogens is 2. The lowest BCUT2D eigenvalue weighted by Crippen LogP contribution is -2.36. The Labute approximate surface area is 146 Å². The first-order valence-corrected chi connectivity index (χ1v) is 8.11. The van der Waals surface area contributed by atoms with E-state index in [2.05, 4.69) is 21.2 Å².